The molecule has 5 nitrogen and oxygen atoms in total. The first-order valence-corrected chi connectivity index (χ1v) is 7.79. The van der Waals surface area contributed by atoms with Crippen LogP contribution in [-0.4, -0.2) is 40.2 Å². The number of fused-ring (bicyclic) bond motifs is 1. The van der Waals surface area contributed by atoms with E-state index in [-0.39, 0.29) is 12.4 Å². The summed E-state index contributed by atoms with van der Waals surface area (Å²) in [6.45, 7) is 1.60. The van der Waals surface area contributed by atoms with Gasteiger partial charge >= 0.3 is 0 Å². The maximum absolute atomic E-state index is 13.8. The summed E-state index contributed by atoms with van der Waals surface area (Å²) in [5.41, 5.74) is 2.04. The summed E-state index contributed by atoms with van der Waals surface area (Å²) < 4.78 is 19.2. The SMILES string of the molecule is COc1ccccc1CN(CCO)Cc1nc2c(F)cccc2[nH]1. The molecule has 1 aromatic heterocycles. The zero-order chi connectivity index (χ0) is 16.9. The molecule has 0 radical (unpaired) electrons. The molecule has 0 saturated heterocycles. The Bertz CT molecular complexity index is 819. The fourth-order valence-corrected chi connectivity index (χ4v) is 2.76. The predicted molar refractivity (Wildman–Crippen MR) is 90.2 cm³/mol. The van der Waals surface area contributed by atoms with Crippen molar-refractivity contribution in [3.63, 3.8) is 0 Å². The number of ether oxygens (including phenoxy) is 1. The van der Waals surface area contributed by atoms with E-state index in [0.29, 0.717) is 36.5 Å². The van der Waals surface area contributed by atoms with Crippen molar-refractivity contribution in [3.05, 3.63) is 59.7 Å². The number of aliphatic hydroxyl groups is 1. The van der Waals surface area contributed by atoms with Crippen molar-refractivity contribution in [2.24, 2.45) is 0 Å². The lowest BCUT2D eigenvalue weighted by Crippen LogP contribution is -2.26. The van der Waals surface area contributed by atoms with E-state index in [1.54, 1.807) is 19.2 Å². The minimum atomic E-state index is -0.339. The minimum absolute atomic E-state index is 0.0315. The largest absolute Gasteiger partial charge is 0.496 e. The standard InChI is InChI=1S/C18H20FN3O2/c1-24-16-8-3-2-5-13(16)11-22(9-10-23)12-17-20-15-7-4-6-14(19)18(15)21-17/h2-8,23H,9-12H2,1H3,(H,20,21). The fraction of sp³-hybridized carbons (Fsp3) is 0.278. The van der Waals surface area contributed by atoms with Gasteiger partial charge in [0, 0.05) is 18.7 Å². The lowest BCUT2D eigenvalue weighted by Gasteiger charge is -2.21. The molecular weight excluding hydrogens is 309 g/mol. The van der Waals surface area contributed by atoms with E-state index in [1.165, 1.54) is 6.07 Å². The van der Waals surface area contributed by atoms with Crippen LogP contribution < -0.4 is 4.74 Å². The fourth-order valence-electron chi connectivity index (χ4n) is 2.76. The Kier molecular flexibility index (Phi) is 5.08. The molecule has 1 heterocycles. The highest BCUT2D eigenvalue weighted by atomic mass is 19.1. The summed E-state index contributed by atoms with van der Waals surface area (Å²) in [7, 11) is 1.64. The molecule has 0 aliphatic heterocycles. The number of hydrogen-bond donors (Lipinski definition) is 2. The molecule has 0 atom stereocenters. The molecule has 3 aromatic rings. The highest BCUT2D eigenvalue weighted by Crippen LogP contribution is 2.21. The van der Waals surface area contributed by atoms with Crippen LogP contribution in [0.25, 0.3) is 11.0 Å². The van der Waals surface area contributed by atoms with Crippen molar-refractivity contribution in [2.75, 3.05) is 20.3 Å². The van der Waals surface area contributed by atoms with E-state index in [2.05, 4.69) is 9.97 Å². The molecule has 0 aliphatic rings. The van der Waals surface area contributed by atoms with Gasteiger partial charge in [-0.05, 0) is 18.2 Å². The van der Waals surface area contributed by atoms with E-state index in [1.807, 2.05) is 29.2 Å². The van der Waals surface area contributed by atoms with Crippen molar-refractivity contribution in [2.45, 2.75) is 13.1 Å². The van der Waals surface area contributed by atoms with Gasteiger partial charge in [0.25, 0.3) is 0 Å². The Morgan fingerprint density at radius 3 is 2.75 bits per heavy atom. The maximum Gasteiger partial charge on any atom is 0.151 e. The second-order valence-corrected chi connectivity index (χ2v) is 5.57. The zero-order valence-electron chi connectivity index (χ0n) is 13.5. The predicted octanol–water partition coefficient (Wildman–Crippen LogP) is 2.71. The van der Waals surface area contributed by atoms with Crippen LogP contribution >= 0.6 is 0 Å². The average molecular weight is 329 g/mol. The monoisotopic (exact) mass is 329 g/mol. The average Bonchev–Trinajstić information content (AvgIpc) is 2.99. The number of rotatable bonds is 7. The van der Waals surface area contributed by atoms with Crippen molar-refractivity contribution >= 4 is 11.0 Å². The maximum atomic E-state index is 13.8. The van der Waals surface area contributed by atoms with E-state index in [0.717, 1.165) is 11.3 Å². The molecule has 0 bridgehead atoms. The number of hydrogen-bond acceptors (Lipinski definition) is 4. The summed E-state index contributed by atoms with van der Waals surface area (Å²) in [5, 5.41) is 9.34. The topological polar surface area (TPSA) is 61.4 Å². The van der Waals surface area contributed by atoms with Crippen LogP contribution in [0.3, 0.4) is 0 Å². The van der Waals surface area contributed by atoms with Crippen LogP contribution in [0.15, 0.2) is 42.5 Å². The molecule has 2 aromatic carbocycles. The normalized spacial score (nSPS) is 11.3. The summed E-state index contributed by atoms with van der Waals surface area (Å²) in [6.07, 6.45) is 0. The Hall–Kier alpha value is -2.44. The summed E-state index contributed by atoms with van der Waals surface area (Å²) in [6, 6.07) is 12.6. The summed E-state index contributed by atoms with van der Waals surface area (Å²) >= 11 is 0. The molecule has 0 aliphatic carbocycles. The van der Waals surface area contributed by atoms with Gasteiger partial charge in [0.15, 0.2) is 5.82 Å². The van der Waals surface area contributed by atoms with Gasteiger partial charge < -0.3 is 14.8 Å². The first-order chi connectivity index (χ1) is 11.7. The summed E-state index contributed by atoms with van der Waals surface area (Å²) in [4.78, 5) is 9.50. The molecule has 0 saturated carbocycles. The number of benzene rings is 2. The van der Waals surface area contributed by atoms with Crippen LogP contribution in [0.4, 0.5) is 4.39 Å². The number of imidazole rings is 1. The van der Waals surface area contributed by atoms with Gasteiger partial charge in [0.05, 0.1) is 25.8 Å². The number of methoxy groups -OCH3 is 1. The molecule has 0 amide bonds. The van der Waals surface area contributed by atoms with Crippen LogP contribution in [0.5, 0.6) is 5.75 Å². The van der Waals surface area contributed by atoms with Gasteiger partial charge in [-0.15, -0.1) is 0 Å². The minimum Gasteiger partial charge on any atom is -0.496 e. The Balaban J connectivity index is 1.81. The molecule has 6 heteroatoms. The zero-order valence-corrected chi connectivity index (χ0v) is 13.5. The third kappa shape index (κ3) is 3.55. The number of aliphatic hydroxyl groups excluding tert-OH is 1. The molecule has 0 unspecified atom stereocenters. The Morgan fingerprint density at radius 2 is 2.00 bits per heavy atom. The number of para-hydroxylation sites is 2. The van der Waals surface area contributed by atoms with Gasteiger partial charge in [-0.2, -0.15) is 0 Å². The molecule has 3 rings (SSSR count). The lowest BCUT2D eigenvalue weighted by atomic mass is 10.2. The molecule has 2 N–H and O–H groups in total. The van der Waals surface area contributed by atoms with Gasteiger partial charge in [-0.1, -0.05) is 24.3 Å². The summed E-state index contributed by atoms with van der Waals surface area (Å²) in [5.74, 6) is 1.13. The van der Waals surface area contributed by atoms with Crippen LogP contribution in [0.1, 0.15) is 11.4 Å². The van der Waals surface area contributed by atoms with Crippen LogP contribution in [-0.2, 0) is 13.1 Å². The van der Waals surface area contributed by atoms with Gasteiger partial charge in [0.2, 0.25) is 0 Å². The van der Waals surface area contributed by atoms with Crippen molar-refractivity contribution in [1.29, 1.82) is 0 Å². The van der Waals surface area contributed by atoms with Gasteiger partial charge in [-0.25, -0.2) is 9.37 Å². The lowest BCUT2D eigenvalue weighted by molar-refractivity contribution is 0.180. The molecule has 0 spiro atoms. The highest BCUT2D eigenvalue weighted by molar-refractivity contribution is 5.75. The van der Waals surface area contributed by atoms with Gasteiger partial charge in [0.1, 0.15) is 17.1 Å². The van der Waals surface area contributed by atoms with Crippen molar-refractivity contribution in [3.8, 4) is 5.75 Å². The van der Waals surface area contributed by atoms with E-state index in [9.17, 15) is 9.50 Å². The number of nitrogens with one attached hydrogen (secondary N) is 1. The Morgan fingerprint density at radius 1 is 1.17 bits per heavy atom. The number of halogens is 1. The first kappa shape index (κ1) is 16.4. The van der Waals surface area contributed by atoms with Gasteiger partial charge in [-0.3, -0.25) is 4.90 Å². The number of aromatic amines is 1. The van der Waals surface area contributed by atoms with Crippen LogP contribution in [0.2, 0.25) is 0 Å². The molecule has 126 valence electrons. The van der Waals surface area contributed by atoms with Crippen LogP contribution in [0, 0.1) is 5.82 Å². The third-order valence-electron chi connectivity index (χ3n) is 3.89. The molecule has 0 fully saturated rings. The van der Waals surface area contributed by atoms with E-state index >= 15 is 0 Å². The van der Waals surface area contributed by atoms with E-state index in [4.69, 9.17) is 4.74 Å². The highest BCUT2D eigenvalue weighted by Gasteiger charge is 2.13. The Labute approximate surface area is 139 Å². The van der Waals surface area contributed by atoms with Crippen molar-refractivity contribution < 1.29 is 14.2 Å². The third-order valence-corrected chi connectivity index (χ3v) is 3.89. The van der Waals surface area contributed by atoms with Crippen molar-refractivity contribution in [1.82, 2.24) is 14.9 Å². The smallest absolute Gasteiger partial charge is 0.151 e. The van der Waals surface area contributed by atoms with E-state index < -0.39 is 0 Å². The second kappa shape index (κ2) is 7.42. The first-order valence-electron chi connectivity index (χ1n) is 7.79. The molecular formula is C18H20FN3O2. The second-order valence-electron chi connectivity index (χ2n) is 5.57. The number of H-pyrrole nitrogens is 1. The quantitative estimate of drug-likeness (QED) is 0.700. The molecule has 24 heavy (non-hydrogen) atoms. The number of nitrogens with zero attached hydrogens (tertiary/aromatic N) is 2. The number of aromatic nitrogens is 2.